The van der Waals surface area contributed by atoms with Crippen molar-refractivity contribution in [3.8, 4) is 0 Å². The van der Waals surface area contributed by atoms with Crippen LogP contribution in [0.5, 0.6) is 0 Å². The summed E-state index contributed by atoms with van der Waals surface area (Å²) in [6, 6.07) is 4.43. The van der Waals surface area contributed by atoms with Crippen LogP contribution in [0.2, 0.25) is 10.0 Å². The van der Waals surface area contributed by atoms with E-state index in [0.29, 0.717) is 15.6 Å². The summed E-state index contributed by atoms with van der Waals surface area (Å²) in [6.07, 6.45) is 1.44. The Morgan fingerprint density at radius 1 is 1.06 bits per heavy atom. The molecule has 1 fully saturated rings. The molecule has 0 atom stereocenters. The Morgan fingerprint density at radius 2 is 1.69 bits per heavy atom. The summed E-state index contributed by atoms with van der Waals surface area (Å²) < 4.78 is 0. The molecule has 1 aliphatic rings. The number of benzene rings is 1. The van der Waals surface area contributed by atoms with E-state index in [-0.39, 0.29) is 5.70 Å². The molecule has 0 radical (unpaired) electrons. The van der Waals surface area contributed by atoms with Gasteiger partial charge in [0.15, 0.2) is 0 Å². The van der Waals surface area contributed by atoms with E-state index in [9.17, 15) is 9.59 Å². The molecule has 2 rings (SSSR count). The average Bonchev–Trinajstić information content (AvgIpc) is 2.51. The number of carbonyl (C=O) groups is 2. The lowest BCUT2D eigenvalue weighted by atomic mass is 10.2. The van der Waals surface area contributed by atoms with Gasteiger partial charge < -0.3 is 5.32 Å². The van der Waals surface area contributed by atoms with Crippen molar-refractivity contribution in [1.82, 2.24) is 10.6 Å². The molecule has 1 aromatic rings. The van der Waals surface area contributed by atoms with Gasteiger partial charge in [-0.05, 0) is 18.2 Å². The van der Waals surface area contributed by atoms with Gasteiger partial charge in [-0.3, -0.25) is 10.1 Å². The minimum atomic E-state index is -0.556. The van der Waals surface area contributed by atoms with Gasteiger partial charge in [0.05, 0.1) is 0 Å². The molecule has 82 valence electrons. The number of urea groups is 1. The lowest BCUT2D eigenvalue weighted by Gasteiger charge is -2.01. The minimum absolute atomic E-state index is 0.125. The highest BCUT2D eigenvalue weighted by Crippen LogP contribution is 2.26. The molecular formula is C10H6Cl2N2O2. The number of nitrogens with one attached hydrogen (secondary N) is 2. The maximum Gasteiger partial charge on any atom is 0.326 e. The van der Waals surface area contributed by atoms with Crippen molar-refractivity contribution in [2.45, 2.75) is 0 Å². The van der Waals surface area contributed by atoms with Gasteiger partial charge in [-0.15, -0.1) is 0 Å². The molecule has 2 N–H and O–H groups in total. The van der Waals surface area contributed by atoms with E-state index in [4.69, 9.17) is 23.2 Å². The Labute approximate surface area is 101 Å². The van der Waals surface area contributed by atoms with E-state index in [1.807, 2.05) is 0 Å². The Kier molecular flexibility index (Phi) is 2.85. The van der Waals surface area contributed by atoms with E-state index in [1.54, 1.807) is 18.2 Å². The quantitative estimate of drug-likeness (QED) is 0.598. The number of halogens is 2. The predicted octanol–water partition coefficient (Wildman–Crippen LogP) is 2.17. The molecule has 1 heterocycles. The normalized spacial score (nSPS) is 17.5. The second kappa shape index (κ2) is 4.15. The zero-order valence-corrected chi connectivity index (χ0v) is 9.39. The fourth-order valence-electron chi connectivity index (χ4n) is 1.28. The standard InChI is InChI=1S/C10H6Cl2N2O2/c11-6-2-1-3-7(12)5(6)4-8-9(15)14-10(16)13-8/h1-4H,(H2,13,14,15,16)/b8-4+. The van der Waals surface area contributed by atoms with Gasteiger partial charge in [0.1, 0.15) is 5.70 Å². The predicted molar refractivity (Wildman–Crippen MR) is 61.1 cm³/mol. The number of imide groups is 1. The molecule has 0 saturated carbocycles. The number of carbonyl (C=O) groups excluding carboxylic acids is 2. The van der Waals surface area contributed by atoms with E-state index in [1.165, 1.54) is 6.08 Å². The van der Waals surface area contributed by atoms with E-state index in [2.05, 4.69) is 10.6 Å². The lowest BCUT2D eigenvalue weighted by molar-refractivity contribution is -0.115. The summed E-state index contributed by atoms with van der Waals surface area (Å²) in [4.78, 5) is 22.1. The van der Waals surface area contributed by atoms with Gasteiger partial charge in [0, 0.05) is 15.6 Å². The van der Waals surface area contributed by atoms with Crippen molar-refractivity contribution in [3.05, 3.63) is 39.5 Å². The Bertz CT molecular complexity index is 491. The second-order valence-corrected chi connectivity index (χ2v) is 3.92. The van der Waals surface area contributed by atoms with Gasteiger partial charge in [0.2, 0.25) is 0 Å². The van der Waals surface area contributed by atoms with Crippen molar-refractivity contribution < 1.29 is 9.59 Å². The van der Waals surface area contributed by atoms with Crippen LogP contribution in [0, 0.1) is 0 Å². The third kappa shape index (κ3) is 2.03. The first kappa shape index (κ1) is 11.0. The van der Waals surface area contributed by atoms with E-state index < -0.39 is 11.9 Å². The summed E-state index contributed by atoms with van der Waals surface area (Å²) >= 11 is 11.8. The molecule has 0 aliphatic carbocycles. The van der Waals surface area contributed by atoms with Crippen LogP contribution in [0.1, 0.15) is 5.56 Å². The van der Waals surface area contributed by atoms with Gasteiger partial charge >= 0.3 is 6.03 Å². The van der Waals surface area contributed by atoms with Gasteiger partial charge in [0.25, 0.3) is 5.91 Å². The monoisotopic (exact) mass is 256 g/mol. The molecule has 1 saturated heterocycles. The summed E-state index contributed by atoms with van der Waals surface area (Å²) in [6.45, 7) is 0. The van der Waals surface area contributed by atoms with Crippen LogP contribution in [0.4, 0.5) is 4.79 Å². The van der Waals surface area contributed by atoms with Crippen molar-refractivity contribution in [2.24, 2.45) is 0 Å². The maximum atomic E-state index is 11.3. The molecule has 16 heavy (non-hydrogen) atoms. The van der Waals surface area contributed by atoms with E-state index >= 15 is 0 Å². The zero-order valence-electron chi connectivity index (χ0n) is 7.88. The third-order valence-electron chi connectivity index (χ3n) is 2.01. The van der Waals surface area contributed by atoms with Crippen molar-refractivity contribution in [2.75, 3.05) is 0 Å². The summed E-state index contributed by atoms with van der Waals surface area (Å²) in [7, 11) is 0. The van der Waals surface area contributed by atoms with Crippen LogP contribution < -0.4 is 10.6 Å². The van der Waals surface area contributed by atoms with Crippen LogP contribution in [-0.2, 0) is 4.79 Å². The average molecular weight is 257 g/mol. The van der Waals surface area contributed by atoms with Crippen molar-refractivity contribution in [3.63, 3.8) is 0 Å². The third-order valence-corrected chi connectivity index (χ3v) is 2.67. The highest BCUT2D eigenvalue weighted by atomic mass is 35.5. The van der Waals surface area contributed by atoms with Crippen LogP contribution in [0.3, 0.4) is 0 Å². The van der Waals surface area contributed by atoms with Crippen molar-refractivity contribution in [1.29, 1.82) is 0 Å². The number of hydrogen-bond donors (Lipinski definition) is 2. The molecule has 0 unspecified atom stereocenters. The molecule has 6 heteroatoms. The van der Waals surface area contributed by atoms with Crippen LogP contribution >= 0.6 is 23.2 Å². The SMILES string of the molecule is O=C1NC(=O)/C(=C\c2c(Cl)cccc2Cl)N1. The molecule has 3 amide bonds. The van der Waals surface area contributed by atoms with Crippen molar-refractivity contribution >= 4 is 41.2 Å². The topological polar surface area (TPSA) is 58.2 Å². The summed E-state index contributed by atoms with van der Waals surface area (Å²) in [5, 5.41) is 5.26. The lowest BCUT2D eigenvalue weighted by Crippen LogP contribution is -2.22. The molecule has 0 bridgehead atoms. The first-order chi connectivity index (χ1) is 7.58. The second-order valence-electron chi connectivity index (χ2n) is 3.10. The Balaban J connectivity index is 2.44. The largest absolute Gasteiger partial charge is 0.326 e. The molecule has 0 aromatic heterocycles. The molecule has 4 nitrogen and oxygen atoms in total. The molecule has 0 spiro atoms. The fraction of sp³-hybridized carbons (Fsp3) is 0. The minimum Gasteiger partial charge on any atom is -0.303 e. The zero-order chi connectivity index (χ0) is 11.7. The number of hydrogen-bond acceptors (Lipinski definition) is 2. The van der Waals surface area contributed by atoms with Gasteiger partial charge in [-0.1, -0.05) is 29.3 Å². The summed E-state index contributed by atoms with van der Waals surface area (Å²) in [5.41, 5.74) is 0.623. The van der Waals surface area contributed by atoms with Gasteiger partial charge in [-0.2, -0.15) is 0 Å². The van der Waals surface area contributed by atoms with Crippen LogP contribution in [-0.4, -0.2) is 11.9 Å². The van der Waals surface area contributed by atoms with Crippen LogP contribution in [0.15, 0.2) is 23.9 Å². The first-order valence-corrected chi connectivity index (χ1v) is 5.11. The summed E-state index contributed by atoms with van der Waals surface area (Å²) in [5.74, 6) is -0.499. The first-order valence-electron chi connectivity index (χ1n) is 4.36. The molecule has 1 aliphatic heterocycles. The molecular weight excluding hydrogens is 251 g/mol. The van der Waals surface area contributed by atoms with Gasteiger partial charge in [-0.25, -0.2) is 4.79 Å². The number of rotatable bonds is 1. The number of amides is 3. The van der Waals surface area contributed by atoms with Crippen LogP contribution in [0.25, 0.3) is 6.08 Å². The smallest absolute Gasteiger partial charge is 0.303 e. The fourth-order valence-corrected chi connectivity index (χ4v) is 1.78. The Hall–Kier alpha value is -1.52. The molecule has 1 aromatic carbocycles. The Morgan fingerprint density at radius 3 is 2.19 bits per heavy atom. The highest BCUT2D eigenvalue weighted by molar-refractivity contribution is 6.37. The highest BCUT2D eigenvalue weighted by Gasteiger charge is 2.23. The maximum absolute atomic E-state index is 11.3. The van der Waals surface area contributed by atoms with E-state index in [0.717, 1.165) is 0 Å².